The topological polar surface area (TPSA) is 34.2 Å². The van der Waals surface area contributed by atoms with Gasteiger partial charge in [0.1, 0.15) is 10.9 Å². The number of hydrogen-bond acceptors (Lipinski definition) is 3. The molecule has 0 bridgehead atoms. The third kappa shape index (κ3) is 4.54. The lowest BCUT2D eigenvalue weighted by Gasteiger charge is -2.17. The van der Waals surface area contributed by atoms with Crippen molar-refractivity contribution < 1.29 is 13.5 Å². The number of alkyl halides is 2. The van der Waals surface area contributed by atoms with E-state index in [9.17, 15) is 8.78 Å². The van der Waals surface area contributed by atoms with Crippen molar-refractivity contribution in [3.8, 4) is 5.75 Å². The molecule has 7 heteroatoms. The van der Waals surface area contributed by atoms with Crippen LogP contribution >= 0.6 is 27.5 Å². The van der Waals surface area contributed by atoms with E-state index in [2.05, 4.69) is 31.0 Å². The first kappa shape index (κ1) is 16.0. The van der Waals surface area contributed by atoms with Gasteiger partial charge in [0.25, 0.3) is 0 Å². The summed E-state index contributed by atoms with van der Waals surface area (Å²) in [5, 5.41) is 3.59. The van der Waals surface area contributed by atoms with Crippen molar-refractivity contribution >= 4 is 33.2 Å². The Morgan fingerprint density at radius 1 is 1.33 bits per heavy atom. The lowest BCUT2D eigenvalue weighted by Crippen LogP contribution is -2.08. The average molecular weight is 378 g/mol. The molecule has 0 aliphatic rings. The maximum absolute atomic E-state index is 12.2. The maximum atomic E-state index is 12.2. The van der Waals surface area contributed by atoms with Crippen molar-refractivity contribution in [1.82, 2.24) is 4.98 Å². The lowest BCUT2D eigenvalue weighted by atomic mass is 10.1. The number of hydrogen-bond donors (Lipinski definition) is 1. The van der Waals surface area contributed by atoms with Crippen molar-refractivity contribution in [2.75, 3.05) is 5.32 Å². The molecular weight excluding hydrogens is 366 g/mol. The molecule has 3 nitrogen and oxygen atoms in total. The summed E-state index contributed by atoms with van der Waals surface area (Å²) in [5.41, 5.74) is 1.58. The average Bonchev–Trinajstić information content (AvgIpc) is 2.42. The highest BCUT2D eigenvalue weighted by molar-refractivity contribution is 9.10. The van der Waals surface area contributed by atoms with Crippen molar-refractivity contribution in [3.05, 3.63) is 51.7 Å². The van der Waals surface area contributed by atoms with Crippen LogP contribution in [0.2, 0.25) is 5.15 Å². The molecule has 1 N–H and O–H groups in total. The summed E-state index contributed by atoms with van der Waals surface area (Å²) in [6.45, 7) is -0.927. The van der Waals surface area contributed by atoms with Gasteiger partial charge in [-0.15, -0.1) is 0 Å². The maximum Gasteiger partial charge on any atom is 0.387 e. The first-order valence-corrected chi connectivity index (χ1v) is 7.25. The summed E-state index contributed by atoms with van der Waals surface area (Å²) in [5.74, 6) is 0.131. The zero-order chi connectivity index (χ0) is 15.4. The zero-order valence-corrected chi connectivity index (χ0v) is 13.3. The van der Waals surface area contributed by atoms with Crippen molar-refractivity contribution in [3.63, 3.8) is 0 Å². The van der Waals surface area contributed by atoms with Gasteiger partial charge in [-0.05, 0) is 46.6 Å². The highest BCUT2D eigenvalue weighted by atomic mass is 79.9. The number of nitrogens with zero attached hydrogens (tertiary/aromatic N) is 1. The fourth-order valence-electron chi connectivity index (χ4n) is 1.79. The Morgan fingerprint density at radius 3 is 2.76 bits per heavy atom. The van der Waals surface area contributed by atoms with Gasteiger partial charge in [-0.2, -0.15) is 8.78 Å². The van der Waals surface area contributed by atoms with Crippen molar-refractivity contribution in [2.45, 2.75) is 19.6 Å². The van der Waals surface area contributed by atoms with Crippen LogP contribution in [0.15, 0.2) is 41.0 Å². The number of aromatic nitrogens is 1. The van der Waals surface area contributed by atoms with E-state index in [1.54, 1.807) is 24.4 Å². The van der Waals surface area contributed by atoms with Gasteiger partial charge in [0.05, 0.1) is 16.4 Å². The van der Waals surface area contributed by atoms with Crippen LogP contribution in [0.4, 0.5) is 14.5 Å². The summed E-state index contributed by atoms with van der Waals surface area (Å²) in [6, 6.07) is 8.24. The molecule has 0 aliphatic heterocycles. The minimum absolute atomic E-state index is 0.110. The SMILES string of the molecule is CC(Nc1cnc(Cl)c(Br)c1)c1cccc(OC(F)F)c1. The molecule has 1 atom stereocenters. The number of nitrogens with one attached hydrogen (secondary N) is 1. The minimum Gasteiger partial charge on any atom is -0.435 e. The molecule has 0 amide bonds. The van der Waals surface area contributed by atoms with E-state index in [0.29, 0.717) is 9.63 Å². The second-order valence-corrected chi connectivity index (χ2v) is 5.53. The molecule has 1 unspecified atom stereocenters. The van der Waals surface area contributed by atoms with Crippen LogP contribution in [-0.4, -0.2) is 11.6 Å². The standard InChI is InChI=1S/C14H12BrClF2N2O/c1-8(20-10-6-12(15)13(16)19-7-10)9-3-2-4-11(5-9)21-14(17)18/h2-8,14,20H,1H3. The predicted octanol–water partition coefficient (Wildman–Crippen LogP) is 5.27. The third-order valence-electron chi connectivity index (χ3n) is 2.76. The smallest absolute Gasteiger partial charge is 0.387 e. The van der Waals surface area contributed by atoms with Gasteiger partial charge in [-0.25, -0.2) is 4.98 Å². The van der Waals surface area contributed by atoms with Crippen LogP contribution in [0.25, 0.3) is 0 Å². The molecule has 0 saturated heterocycles. The summed E-state index contributed by atoms with van der Waals surface area (Å²) < 4.78 is 29.5. The summed E-state index contributed by atoms with van der Waals surface area (Å²) >= 11 is 9.12. The van der Waals surface area contributed by atoms with E-state index < -0.39 is 6.61 Å². The number of pyridine rings is 1. The van der Waals surface area contributed by atoms with Crippen LogP contribution in [0, 0.1) is 0 Å². The molecule has 21 heavy (non-hydrogen) atoms. The normalized spacial score (nSPS) is 12.3. The van der Waals surface area contributed by atoms with E-state index in [0.717, 1.165) is 11.3 Å². The highest BCUT2D eigenvalue weighted by Gasteiger charge is 2.10. The zero-order valence-electron chi connectivity index (χ0n) is 11.0. The second-order valence-electron chi connectivity index (χ2n) is 4.31. The Balaban J connectivity index is 2.12. The number of benzene rings is 1. The number of halogens is 4. The number of anilines is 1. The molecule has 0 spiro atoms. The largest absolute Gasteiger partial charge is 0.435 e. The summed E-state index contributed by atoms with van der Waals surface area (Å²) in [6.07, 6.45) is 1.60. The fraction of sp³-hybridized carbons (Fsp3) is 0.214. The van der Waals surface area contributed by atoms with Gasteiger partial charge in [-0.1, -0.05) is 23.7 Å². The van der Waals surface area contributed by atoms with Crippen LogP contribution in [-0.2, 0) is 0 Å². The van der Waals surface area contributed by atoms with Crippen LogP contribution in [0.3, 0.4) is 0 Å². The molecule has 0 fully saturated rings. The summed E-state index contributed by atoms with van der Waals surface area (Å²) in [7, 11) is 0. The Hall–Kier alpha value is -1.40. The fourth-order valence-corrected chi connectivity index (χ4v) is 2.25. The van der Waals surface area contributed by atoms with E-state index in [1.807, 2.05) is 13.0 Å². The Labute approximate surface area is 134 Å². The number of rotatable bonds is 5. The molecule has 1 heterocycles. The number of ether oxygens (including phenoxy) is 1. The Kier molecular flexibility index (Phi) is 5.36. The molecule has 2 rings (SSSR count). The van der Waals surface area contributed by atoms with E-state index in [4.69, 9.17) is 11.6 Å². The molecule has 2 aromatic rings. The Morgan fingerprint density at radius 2 is 2.10 bits per heavy atom. The second kappa shape index (κ2) is 7.04. The van der Waals surface area contributed by atoms with Gasteiger partial charge >= 0.3 is 6.61 Å². The molecule has 0 radical (unpaired) electrons. The van der Waals surface area contributed by atoms with Gasteiger partial charge in [0, 0.05) is 6.04 Å². The van der Waals surface area contributed by atoms with Crippen LogP contribution in [0.1, 0.15) is 18.5 Å². The molecule has 0 saturated carbocycles. The third-order valence-corrected chi connectivity index (χ3v) is 3.90. The van der Waals surface area contributed by atoms with Gasteiger partial charge < -0.3 is 10.1 Å². The highest BCUT2D eigenvalue weighted by Crippen LogP contribution is 2.27. The van der Waals surface area contributed by atoms with Crippen LogP contribution in [0.5, 0.6) is 5.75 Å². The molecular formula is C14H12BrClF2N2O. The monoisotopic (exact) mass is 376 g/mol. The van der Waals surface area contributed by atoms with Crippen molar-refractivity contribution in [1.29, 1.82) is 0 Å². The van der Waals surface area contributed by atoms with Gasteiger partial charge in [0.15, 0.2) is 0 Å². The van der Waals surface area contributed by atoms with E-state index >= 15 is 0 Å². The summed E-state index contributed by atoms with van der Waals surface area (Å²) in [4.78, 5) is 4.01. The quantitative estimate of drug-likeness (QED) is 0.721. The Bertz CT molecular complexity index is 628. The van der Waals surface area contributed by atoms with Crippen LogP contribution < -0.4 is 10.1 Å². The lowest BCUT2D eigenvalue weighted by molar-refractivity contribution is -0.0498. The molecule has 0 aliphatic carbocycles. The van der Waals surface area contributed by atoms with Gasteiger partial charge in [0.2, 0.25) is 0 Å². The van der Waals surface area contributed by atoms with Gasteiger partial charge in [-0.3, -0.25) is 0 Å². The van der Waals surface area contributed by atoms with E-state index in [1.165, 1.54) is 6.07 Å². The first-order valence-electron chi connectivity index (χ1n) is 6.08. The van der Waals surface area contributed by atoms with E-state index in [-0.39, 0.29) is 11.8 Å². The molecule has 1 aromatic carbocycles. The van der Waals surface area contributed by atoms with Crippen molar-refractivity contribution in [2.24, 2.45) is 0 Å². The predicted molar refractivity (Wildman–Crippen MR) is 82.1 cm³/mol. The molecule has 1 aromatic heterocycles. The minimum atomic E-state index is -2.83. The molecule has 112 valence electrons. The first-order chi connectivity index (χ1) is 9.95.